The molecule has 0 bridgehead atoms. The molecule has 1 aliphatic carbocycles. The van der Waals surface area contributed by atoms with Crippen molar-refractivity contribution < 1.29 is 13.6 Å². The Morgan fingerprint density at radius 2 is 1.71 bits per heavy atom. The van der Waals surface area contributed by atoms with Crippen molar-refractivity contribution in [3.63, 3.8) is 0 Å². The number of halogens is 2. The van der Waals surface area contributed by atoms with Gasteiger partial charge in [-0.25, -0.2) is 8.78 Å². The van der Waals surface area contributed by atoms with Crippen molar-refractivity contribution in [3.05, 3.63) is 78.0 Å². The van der Waals surface area contributed by atoms with Gasteiger partial charge < -0.3 is 15.5 Å². The highest BCUT2D eigenvalue weighted by Gasteiger charge is 2.42. The summed E-state index contributed by atoms with van der Waals surface area (Å²) in [7, 11) is 0. The van der Waals surface area contributed by atoms with Crippen LogP contribution in [0.15, 0.2) is 55.2 Å². The molecule has 0 unspecified atom stereocenters. The number of benzene rings is 2. The number of carbonyl (C=O) groups is 1. The van der Waals surface area contributed by atoms with E-state index in [9.17, 15) is 13.6 Å². The Morgan fingerprint density at radius 3 is 2.32 bits per heavy atom. The summed E-state index contributed by atoms with van der Waals surface area (Å²) in [6.45, 7) is 11.6. The number of nitrogens with zero attached hydrogens (tertiary/aromatic N) is 1. The average Bonchev–Trinajstić information content (AvgIpc) is 3.45. The molecule has 0 spiro atoms. The highest BCUT2D eigenvalue weighted by Crippen LogP contribution is 2.41. The van der Waals surface area contributed by atoms with E-state index in [4.69, 9.17) is 0 Å². The van der Waals surface area contributed by atoms with Crippen LogP contribution in [-0.2, 0) is 10.2 Å². The predicted molar refractivity (Wildman–Crippen MR) is 153 cm³/mol. The number of unbranched alkanes of at least 4 members (excludes halogenated alkanes) is 1. The van der Waals surface area contributed by atoms with Gasteiger partial charge in [0.15, 0.2) is 0 Å². The smallest absolute Gasteiger partial charge is 0.230 e. The SMILES string of the molecule is C=CNc1cc(C2CCN(CCCNC(=O)C3(c4ccc(F)cc4)CCCC3)CC2)ccc1F.CCCC. The van der Waals surface area contributed by atoms with Gasteiger partial charge in [0.1, 0.15) is 11.6 Å². The fraction of sp³-hybridized carbons (Fsp3) is 0.531. The quantitative estimate of drug-likeness (QED) is 0.315. The monoisotopic (exact) mass is 525 g/mol. The molecule has 2 fully saturated rings. The fourth-order valence-corrected chi connectivity index (χ4v) is 5.58. The minimum Gasteiger partial charge on any atom is -0.360 e. The summed E-state index contributed by atoms with van der Waals surface area (Å²) in [5.41, 5.74) is 2.06. The van der Waals surface area contributed by atoms with E-state index in [-0.39, 0.29) is 17.5 Å². The lowest BCUT2D eigenvalue weighted by Crippen LogP contribution is -2.43. The maximum Gasteiger partial charge on any atom is 0.230 e. The Bertz CT molecular complexity index is 1010. The van der Waals surface area contributed by atoms with Gasteiger partial charge in [-0.05, 0) is 99.2 Å². The van der Waals surface area contributed by atoms with Gasteiger partial charge in [-0.2, -0.15) is 0 Å². The van der Waals surface area contributed by atoms with Crippen LogP contribution in [0.1, 0.15) is 88.7 Å². The molecule has 1 aliphatic heterocycles. The van der Waals surface area contributed by atoms with Gasteiger partial charge in [-0.1, -0.05) is 64.3 Å². The van der Waals surface area contributed by atoms with Crippen molar-refractivity contribution in [1.82, 2.24) is 10.2 Å². The number of hydrogen-bond acceptors (Lipinski definition) is 3. The van der Waals surface area contributed by atoms with Crippen LogP contribution < -0.4 is 10.6 Å². The Kier molecular flexibility index (Phi) is 11.8. The molecule has 4 rings (SSSR count). The van der Waals surface area contributed by atoms with Crippen molar-refractivity contribution in [3.8, 4) is 0 Å². The molecule has 2 aliphatic rings. The van der Waals surface area contributed by atoms with Crippen LogP contribution in [0.4, 0.5) is 14.5 Å². The largest absolute Gasteiger partial charge is 0.360 e. The lowest BCUT2D eigenvalue weighted by atomic mass is 9.78. The minimum absolute atomic E-state index is 0.0792. The molecular weight excluding hydrogens is 480 g/mol. The van der Waals surface area contributed by atoms with E-state index < -0.39 is 5.41 Å². The number of piperidine rings is 1. The van der Waals surface area contributed by atoms with Crippen LogP contribution in [0.2, 0.25) is 0 Å². The first-order valence-electron chi connectivity index (χ1n) is 14.4. The first kappa shape index (κ1) is 29.8. The fourth-order valence-electron chi connectivity index (χ4n) is 5.58. The highest BCUT2D eigenvalue weighted by atomic mass is 19.1. The molecular formula is C32H45F2N3O. The summed E-state index contributed by atoms with van der Waals surface area (Å²) in [4.78, 5) is 15.6. The summed E-state index contributed by atoms with van der Waals surface area (Å²) in [6.07, 6.45) is 10.8. The van der Waals surface area contributed by atoms with Crippen LogP contribution in [0, 0.1) is 11.6 Å². The molecule has 208 valence electrons. The molecule has 6 heteroatoms. The van der Waals surface area contributed by atoms with E-state index >= 15 is 0 Å². The molecule has 1 amide bonds. The summed E-state index contributed by atoms with van der Waals surface area (Å²) < 4.78 is 27.3. The summed E-state index contributed by atoms with van der Waals surface area (Å²) in [5.74, 6) is -0.0215. The van der Waals surface area contributed by atoms with Crippen LogP contribution in [-0.4, -0.2) is 37.0 Å². The molecule has 1 heterocycles. The van der Waals surface area contributed by atoms with Gasteiger partial charge >= 0.3 is 0 Å². The Morgan fingerprint density at radius 1 is 1.05 bits per heavy atom. The van der Waals surface area contributed by atoms with Crippen LogP contribution >= 0.6 is 0 Å². The normalized spacial score (nSPS) is 17.4. The number of amides is 1. The second-order valence-electron chi connectivity index (χ2n) is 10.6. The zero-order chi connectivity index (χ0) is 27.4. The number of nitrogens with one attached hydrogen (secondary N) is 2. The van der Waals surface area contributed by atoms with Crippen molar-refractivity contribution in [2.24, 2.45) is 0 Å². The third-order valence-corrected chi connectivity index (χ3v) is 8.03. The van der Waals surface area contributed by atoms with Crippen molar-refractivity contribution in [2.75, 3.05) is 31.5 Å². The summed E-state index contributed by atoms with van der Waals surface area (Å²) in [6, 6.07) is 11.7. The van der Waals surface area contributed by atoms with Crippen LogP contribution in [0.5, 0.6) is 0 Å². The second kappa shape index (κ2) is 15.0. The van der Waals surface area contributed by atoms with Crippen molar-refractivity contribution in [1.29, 1.82) is 0 Å². The Balaban J connectivity index is 0.000000934. The molecule has 1 saturated heterocycles. The molecule has 0 aromatic heterocycles. The lowest BCUT2D eigenvalue weighted by Gasteiger charge is -2.32. The molecule has 0 atom stereocenters. The number of likely N-dealkylation sites (tertiary alicyclic amines) is 1. The van der Waals surface area contributed by atoms with Crippen LogP contribution in [0.3, 0.4) is 0 Å². The third-order valence-electron chi connectivity index (χ3n) is 8.03. The lowest BCUT2D eigenvalue weighted by molar-refractivity contribution is -0.126. The zero-order valence-corrected chi connectivity index (χ0v) is 23.2. The molecule has 4 nitrogen and oxygen atoms in total. The number of anilines is 1. The number of rotatable bonds is 10. The van der Waals surface area contributed by atoms with Gasteiger partial charge in [0.25, 0.3) is 0 Å². The van der Waals surface area contributed by atoms with Crippen LogP contribution in [0.25, 0.3) is 0 Å². The summed E-state index contributed by atoms with van der Waals surface area (Å²) >= 11 is 0. The van der Waals surface area contributed by atoms with E-state index in [1.54, 1.807) is 12.1 Å². The first-order chi connectivity index (χ1) is 18.4. The molecule has 2 aromatic rings. The van der Waals surface area contributed by atoms with Gasteiger partial charge in [0.05, 0.1) is 11.1 Å². The third kappa shape index (κ3) is 7.89. The predicted octanol–water partition coefficient (Wildman–Crippen LogP) is 7.52. The average molecular weight is 526 g/mol. The molecule has 2 N–H and O–H groups in total. The molecule has 0 radical (unpaired) electrons. The van der Waals surface area contributed by atoms with Gasteiger partial charge in [-0.15, -0.1) is 0 Å². The topological polar surface area (TPSA) is 44.4 Å². The van der Waals surface area contributed by atoms with E-state index in [0.29, 0.717) is 18.2 Å². The Hall–Kier alpha value is -2.73. The standard InChI is InChI=1S/C28H35F2N3O.C4H10/c1-2-31-26-20-22(6-11-25(26)30)21-12-18-33(19-13-21)17-5-16-32-27(34)28(14-3-4-15-28)23-7-9-24(29)10-8-23;1-3-4-2/h2,6-11,20-21,31H,1,3-5,12-19H2,(H,32,34);3-4H2,1-2H3. The molecule has 38 heavy (non-hydrogen) atoms. The van der Waals surface area contributed by atoms with E-state index in [1.807, 2.05) is 12.1 Å². The van der Waals surface area contributed by atoms with Gasteiger partial charge in [-0.3, -0.25) is 4.79 Å². The number of hydrogen-bond donors (Lipinski definition) is 2. The highest BCUT2D eigenvalue weighted by molar-refractivity contribution is 5.88. The maximum absolute atomic E-state index is 13.9. The van der Waals surface area contributed by atoms with Crippen molar-refractivity contribution >= 4 is 11.6 Å². The number of carbonyl (C=O) groups excluding carboxylic acids is 1. The van der Waals surface area contributed by atoms with E-state index in [0.717, 1.165) is 70.1 Å². The van der Waals surface area contributed by atoms with E-state index in [2.05, 4.69) is 36.0 Å². The van der Waals surface area contributed by atoms with Gasteiger partial charge in [0.2, 0.25) is 5.91 Å². The van der Waals surface area contributed by atoms with Crippen molar-refractivity contribution in [2.45, 2.75) is 83.0 Å². The zero-order valence-electron chi connectivity index (χ0n) is 23.2. The molecule has 2 aromatic carbocycles. The maximum atomic E-state index is 13.9. The van der Waals surface area contributed by atoms with E-state index in [1.165, 1.54) is 42.8 Å². The Labute approximate surface area is 227 Å². The molecule has 1 saturated carbocycles. The second-order valence-corrected chi connectivity index (χ2v) is 10.6. The first-order valence-corrected chi connectivity index (χ1v) is 14.4. The summed E-state index contributed by atoms with van der Waals surface area (Å²) in [5, 5.41) is 6.04. The minimum atomic E-state index is -0.513. The van der Waals surface area contributed by atoms with Gasteiger partial charge in [0, 0.05) is 6.54 Å².